The Balaban J connectivity index is 3.47. The molecular weight excluding hydrogens is 711 g/mol. The number of unbranched alkanes of at least 4 members (excludes halogenated alkanes) is 28. The predicted octanol–water partition coefficient (Wildman–Crippen LogP) is 16.2. The quantitative estimate of drug-likeness (QED) is 0.0424. The Morgan fingerprint density at radius 2 is 0.776 bits per heavy atom. The molecule has 0 saturated heterocycles. The molecule has 3 N–H and O–H groups in total. The van der Waals surface area contributed by atoms with Gasteiger partial charge in [-0.15, -0.1) is 0 Å². The van der Waals surface area contributed by atoms with Crippen molar-refractivity contribution in [1.82, 2.24) is 5.32 Å². The summed E-state index contributed by atoms with van der Waals surface area (Å²) in [7, 11) is 0. The second-order valence-corrected chi connectivity index (χ2v) is 16.8. The predicted molar refractivity (Wildman–Crippen MR) is 257 cm³/mol. The molecule has 1 amide bonds. The van der Waals surface area contributed by atoms with Crippen LogP contribution in [0.1, 0.15) is 245 Å². The molecule has 0 aromatic heterocycles. The first-order valence-electron chi connectivity index (χ1n) is 25.2. The summed E-state index contributed by atoms with van der Waals surface area (Å²) in [4.78, 5) is 12.4. The number of allylic oxidation sites excluding steroid dienone is 11. The van der Waals surface area contributed by atoms with Gasteiger partial charge in [0.15, 0.2) is 0 Å². The number of amides is 1. The van der Waals surface area contributed by atoms with Gasteiger partial charge in [-0.25, -0.2) is 0 Å². The van der Waals surface area contributed by atoms with Crippen LogP contribution in [0, 0.1) is 0 Å². The van der Waals surface area contributed by atoms with Gasteiger partial charge in [-0.05, 0) is 70.6 Å². The molecule has 0 aliphatic rings. The largest absolute Gasteiger partial charge is 0.394 e. The Morgan fingerprint density at radius 3 is 1.21 bits per heavy atom. The third-order valence-corrected chi connectivity index (χ3v) is 11.2. The van der Waals surface area contributed by atoms with E-state index in [0.29, 0.717) is 6.42 Å². The van der Waals surface area contributed by atoms with Gasteiger partial charge in [-0.2, -0.15) is 0 Å². The maximum atomic E-state index is 12.4. The van der Waals surface area contributed by atoms with Crippen LogP contribution >= 0.6 is 0 Å². The normalized spacial score (nSPS) is 13.5. The summed E-state index contributed by atoms with van der Waals surface area (Å²) in [6.07, 6.45) is 70.5. The van der Waals surface area contributed by atoms with Crippen LogP contribution in [0.4, 0.5) is 0 Å². The van der Waals surface area contributed by atoms with Crippen molar-refractivity contribution in [3.05, 3.63) is 72.9 Å². The molecule has 336 valence electrons. The molecule has 0 bridgehead atoms. The molecule has 0 saturated carbocycles. The van der Waals surface area contributed by atoms with Crippen LogP contribution in [0.3, 0.4) is 0 Å². The summed E-state index contributed by atoms with van der Waals surface area (Å²) in [6.45, 7) is 4.17. The van der Waals surface area contributed by atoms with Gasteiger partial charge < -0.3 is 15.5 Å². The Morgan fingerprint density at radius 1 is 0.431 bits per heavy atom. The number of aliphatic hydroxyl groups is 2. The SMILES string of the molecule is CC/C=C\C/C=C\C/C=C\C/C=C\CCCCCCCCCCCCCCCCCCCCCCC(=O)NC(CO)C(O)/C=C/CC/C=C/CCCCCCCCC. The highest BCUT2D eigenvalue weighted by Crippen LogP contribution is 2.16. The lowest BCUT2D eigenvalue weighted by molar-refractivity contribution is -0.123. The van der Waals surface area contributed by atoms with Crippen molar-refractivity contribution >= 4 is 5.91 Å². The Bertz CT molecular complexity index is 1010. The smallest absolute Gasteiger partial charge is 0.220 e. The van der Waals surface area contributed by atoms with Gasteiger partial charge in [0.05, 0.1) is 18.8 Å². The van der Waals surface area contributed by atoms with E-state index in [1.807, 2.05) is 6.08 Å². The van der Waals surface area contributed by atoms with E-state index in [2.05, 4.69) is 79.9 Å². The molecule has 2 atom stereocenters. The molecule has 0 radical (unpaired) electrons. The number of aliphatic hydroxyl groups excluding tert-OH is 2. The standard InChI is InChI=1S/C54H97NO3/c1-3-5-7-9-11-13-15-17-18-19-20-21-22-23-24-25-26-27-28-29-30-31-32-33-34-35-36-38-40-42-44-46-48-50-54(58)55-52(51-56)53(57)49-47-45-43-41-39-37-16-14-12-10-8-6-4-2/h5,7,11,13,17-18,20-21,39,41,47,49,52-53,56-57H,3-4,6,8-10,12,14-16,19,22-38,40,42-46,48,50-51H2,1-2H3,(H,55,58)/b7-5-,13-11-,18-17-,21-20-,41-39+,49-47+. The highest BCUT2D eigenvalue weighted by atomic mass is 16.3. The number of hydrogen-bond donors (Lipinski definition) is 3. The molecule has 0 heterocycles. The summed E-state index contributed by atoms with van der Waals surface area (Å²) < 4.78 is 0. The van der Waals surface area contributed by atoms with E-state index in [4.69, 9.17) is 0 Å². The van der Waals surface area contributed by atoms with Crippen LogP contribution < -0.4 is 5.32 Å². The minimum Gasteiger partial charge on any atom is -0.394 e. The van der Waals surface area contributed by atoms with Crippen molar-refractivity contribution < 1.29 is 15.0 Å². The molecule has 58 heavy (non-hydrogen) atoms. The van der Waals surface area contributed by atoms with E-state index < -0.39 is 12.1 Å². The molecular formula is C54H97NO3. The third kappa shape index (κ3) is 44.9. The lowest BCUT2D eigenvalue weighted by atomic mass is 10.0. The summed E-state index contributed by atoms with van der Waals surface area (Å²) in [6, 6.07) is -0.639. The van der Waals surface area contributed by atoms with E-state index in [1.54, 1.807) is 6.08 Å². The van der Waals surface area contributed by atoms with E-state index >= 15 is 0 Å². The van der Waals surface area contributed by atoms with Crippen LogP contribution in [0.2, 0.25) is 0 Å². The molecule has 0 aromatic carbocycles. The number of carbonyl (C=O) groups is 1. The maximum absolute atomic E-state index is 12.4. The zero-order valence-corrected chi connectivity index (χ0v) is 38.5. The topological polar surface area (TPSA) is 69.6 Å². The monoisotopic (exact) mass is 808 g/mol. The first-order valence-corrected chi connectivity index (χ1v) is 25.2. The average Bonchev–Trinajstić information content (AvgIpc) is 3.23. The van der Waals surface area contributed by atoms with Crippen LogP contribution in [0.15, 0.2) is 72.9 Å². The second-order valence-electron chi connectivity index (χ2n) is 16.8. The van der Waals surface area contributed by atoms with E-state index in [9.17, 15) is 15.0 Å². The summed E-state index contributed by atoms with van der Waals surface area (Å²) in [5, 5.41) is 23.0. The summed E-state index contributed by atoms with van der Waals surface area (Å²) >= 11 is 0. The van der Waals surface area contributed by atoms with Gasteiger partial charge in [-0.1, -0.05) is 241 Å². The third-order valence-electron chi connectivity index (χ3n) is 11.2. The fraction of sp³-hybridized carbons (Fsp3) is 0.759. The Kier molecular flexibility index (Phi) is 47.4. The first kappa shape index (κ1) is 55.8. The lowest BCUT2D eigenvalue weighted by Crippen LogP contribution is -2.45. The number of nitrogens with one attached hydrogen (secondary N) is 1. The molecule has 0 aromatic rings. The zero-order valence-electron chi connectivity index (χ0n) is 38.5. The zero-order chi connectivity index (χ0) is 42.1. The molecule has 0 spiro atoms. The second kappa shape index (κ2) is 49.2. The number of rotatable bonds is 45. The number of carbonyl (C=O) groups excluding carboxylic acids is 1. The molecule has 4 nitrogen and oxygen atoms in total. The average molecular weight is 808 g/mol. The summed E-state index contributed by atoms with van der Waals surface area (Å²) in [5.41, 5.74) is 0. The minimum absolute atomic E-state index is 0.0739. The Hall–Kier alpha value is -2.17. The molecule has 2 unspecified atom stereocenters. The lowest BCUT2D eigenvalue weighted by Gasteiger charge is -2.19. The molecule has 4 heteroatoms. The van der Waals surface area contributed by atoms with Crippen LogP contribution in [-0.2, 0) is 4.79 Å². The first-order chi connectivity index (χ1) is 28.7. The molecule has 0 fully saturated rings. The highest BCUT2D eigenvalue weighted by molar-refractivity contribution is 5.76. The fourth-order valence-corrected chi connectivity index (χ4v) is 7.36. The van der Waals surface area contributed by atoms with Crippen LogP contribution in [0.5, 0.6) is 0 Å². The van der Waals surface area contributed by atoms with Crippen molar-refractivity contribution in [3.63, 3.8) is 0 Å². The highest BCUT2D eigenvalue weighted by Gasteiger charge is 2.17. The van der Waals surface area contributed by atoms with Gasteiger partial charge in [0.1, 0.15) is 0 Å². The molecule has 0 rings (SSSR count). The van der Waals surface area contributed by atoms with Gasteiger partial charge in [0.25, 0.3) is 0 Å². The van der Waals surface area contributed by atoms with Crippen molar-refractivity contribution in [1.29, 1.82) is 0 Å². The van der Waals surface area contributed by atoms with E-state index in [0.717, 1.165) is 57.8 Å². The number of hydrogen-bond acceptors (Lipinski definition) is 3. The fourth-order valence-electron chi connectivity index (χ4n) is 7.36. The molecule has 0 aliphatic carbocycles. The van der Waals surface area contributed by atoms with Crippen molar-refractivity contribution in [2.75, 3.05) is 6.61 Å². The van der Waals surface area contributed by atoms with Gasteiger partial charge in [0, 0.05) is 6.42 Å². The van der Waals surface area contributed by atoms with Gasteiger partial charge in [0.2, 0.25) is 5.91 Å². The Labute approximate surface area is 361 Å². The van der Waals surface area contributed by atoms with Crippen molar-refractivity contribution in [2.45, 2.75) is 257 Å². The summed E-state index contributed by atoms with van der Waals surface area (Å²) in [5.74, 6) is -0.0739. The minimum atomic E-state index is -0.862. The van der Waals surface area contributed by atoms with Crippen LogP contribution in [-0.4, -0.2) is 34.9 Å². The van der Waals surface area contributed by atoms with Crippen molar-refractivity contribution in [3.8, 4) is 0 Å². The van der Waals surface area contributed by atoms with Crippen LogP contribution in [0.25, 0.3) is 0 Å². The molecule has 0 aliphatic heterocycles. The van der Waals surface area contributed by atoms with Gasteiger partial charge in [-0.3, -0.25) is 4.79 Å². The van der Waals surface area contributed by atoms with E-state index in [-0.39, 0.29) is 12.5 Å². The van der Waals surface area contributed by atoms with E-state index in [1.165, 1.54) is 167 Å². The van der Waals surface area contributed by atoms with Gasteiger partial charge >= 0.3 is 0 Å². The van der Waals surface area contributed by atoms with Crippen molar-refractivity contribution in [2.24, 2.45) is 0 Å². The maximum Gasteiger partial charge on any atom is 0.220 e.